The molecule has 0 aliphatic heterocycles. The highest BCUT2D eigenvalue weighted by molar-refractivity contribution is 5.95. The number of quaternary nitrogens is 1. The largest absolute Gasteiger partial charge is 0.496 e. The Morgan fingerprint density at radius 3 is 2.40 bits per heavy atom. The fourth-order valence-electron chi connectivity index (χ4n) is 2.70. The summed E-state index contributed by atoms with van der Waals surface area (Å²) >= 11 is 0. The lowest BCUT2D eigenvalue weighted by Crippen LogP contribution is -3.08. The molecule has 0 radical (unpaired) electrons. The average molecular weight is 341 g/mol. The Bertz CT molecular complexity index is 754. The number of carbonyl (C=O) groups is 2. The molecule has 132 valence electrons. The number of ketones is 1. The molecule has 0 fully saturated rings. The van der Waals surface area contributed by atoms with Crippen molar-refractivity contribution in [2.75, 3.05) is 26.0 Å². The van der Waals surface area contributed by atoms with Crippen LogP contribution in [0.5, 0.6) is 5.75 Å². The lowest BCUT2D eigenvalue weighted by Gasteiger charge is -2.16. The van der Waals surface area contributed by atoms with Gasteiger partial charge in [-0.15, -0.1) is 0 Å². The van der Waals surface area contributed by atoms with Gasteiger partial charge in [0.05, 0.1) is 14.2 Å². The van der Waals surface area contributed by atoms with Gasteiger partial charge < -0.3 is 15.0 Å². The molecular weight excluding hydrogens is 316 g/mol. The Hall–Kier alpha value is -2.66. The lowest BCUT2D eigenvalue weighted by atomic mass is 10.1. The van der Waals surface area contributed by atoms with Crippen LogP contribution in [0.25, 0.3) is 0 Å². The maximum absolute atomic E-state index is 12.2. The molecule has 5 nitrogen and oxygen atoms in total. The zero-order valence-corrected chi connectivity index (χ0v) is 15.2. The van der Waals surface area contributed by atoms with Gasteiger partial charge in [-0.05, 0) is 50.2 Å². The monoisotopic (exact) mass is 341 g/mol. The van der Waals surface area contributed by atoms with Crippen LogP contribution >= 0.6 is 0 Å². The second-order valence-electron chi connectivity index (χ2n) is 6.31. The van der Waals surface area contributed by atoms with Crippen molar-refractivity contribution in [2.45, 2.75) is 20.4 Å². The van der Waals surface area contributed by atoms with E-state index in [1.807, 2.05) is 26.1 Å². The van der Waals surface area contributed by atoms with E-state index < -0.39 is 0 Å². The summed E-state index contributed by atoms with van der Waals surface area (Å²) in [7, 11) is 3.63. The van der Waals surface area contributed by atoms with Gasteiger partial charge in [0.2, 0.25) is 0 Å². The average Bonchev–Trinajstić information content (AvgIpc) is 2.55. The molecule has 1 atom stereocenters. The van der Waals surface area contributed by atoms with E-state index in [1.165, 1.54) is 12.5 Å². The maximum atomic E-state index is 12.2. The highest BCUT2D eigenvalue weighted by Gasteiger charge is 2.14. The third kappa shape index (κ3) is 5.43. The number of hydrogen-bond acceptors (Lipinski definition) is 3. The van der Waals surface area contributed by atoms with Gasteiger partial charge in [-0.1, -0.05) is 11.6 Å². The number of ether oxygens (including phenoxy) is 1. The number of amides is 1. The first kappa shape index (κ1) is 18.7. The third-order valence-electron chi connectivity index (χ3n) is 3.97. The molecule has 0 bridgehead atoms. The molecule has 0 spiro atoms. The van der Waals surface area contributed by atoms with Crippen LogP contribution in [-0.4, -0.2) is 32.4 Å². The standard InChI is InChI=1S/C20H24N2O3/c1-14-5-10-19(25-4)17(11-14)12-22(3)13-20(24)21-18-8-6-16(7-9-18)15(2)23/h5-11H,12-13H2,1-4H3,(H,21,24)/p+1. The zero-order chi connectivity index (χ0) is 18.4. The number of benzene rings is 2. The number of carbonyl (C=O) groups excluding carboxylic acids is 2. The molecule has 0 aromatic heterocycles. The number of aryl methyl sites for hydroxylation is 1. The van der Waals surface area contributed by atoms with Crippen molar-refractivity contribution in [3.63, 3.8) is 0 Å². The van der Waals surface area contributed by atoms with E-state index in [4.69, 9.17) is 4.74 Å². The van der Waals surface area contributed by atoms with Crippen molar-refractivity contribution in [3.8, 4) is 5.75 Å². The van der Waals surface area contributed by atoms with E-state index >= 15 is 0 Å². The van der Waals surface area contributed by atoms with E-state index in [2.05, 4.69) is 11.4 Å². The highest BCUT2D eigenvalue weighted by atomic mass is 16.5. The van der Waals surface area contributed by atoms with Crippen LogP contribution < -0.4 is 15.0 Å². The molecule has 2 rings (SSSR count). The minimum absolute atomic E-state index is 0.00848. The molecule has 5 heteroatoms. The van der Waals surface area contributed by atoms with E-state index in [1.54, 1.807) is 31.4 Å². The van der Waals surface area contributed by atoms with Gasteiger partial charge in [-0.2, -0.15) is 0 Å². The minimum atomic E-state index is -0.0697. The summed E-state index contributed by atoms with van der Waals surface area (Å²) in [6.07, 6.45) is 0. The molecule has 1 unspecified atom stereocenters. The number of methoxy groups -OCH3 is 1. The molecule has 0 saturated carbocycles. The Labute approximate surface area is 148 Å². The molecule has 2 aromatic carbocycles. The fraction of sp³-hybridized carbons (Fsp3) is 0.300. The predicted molar refractivity (Wildman–Crippen MR) is 98.3 cm³/mol. The first-order valence-electron chi connectivity index (χ1n) is 8.24. The van der Waals surface area contributed by atoms with Crippen molar-refractivity contribution >= 4 is 17.4 Å². The lowest BCUT2D eigenvalue weighted by molar-refractivity contribution is -0.885. The van der Waals surface area contributed by atoms with Crippen molar-refractivity contribution in [1.82, 2.24) is 0 Å². The smallest absolute Gasteiger partial charge is 0.279 e. The van der Waals surface area contributed by atoms with Gasteiger partial charge in [0.25, 0.3) is 5.91 Å². The Morgan fingerprint density at radius 1 is 1.12 bits per heavy atom. The fourth-order valence-corrected chi connectivity index (χ4v) is 2.70. The van der Waals surface area contributed by atoms with Crippen LogP contribution in [-0.2, 0) is 11.3 Å². The summed E-state index contributed by atoms with van der Waals surface area (Å²) in [5.74, 6) is 0.777. The Morgan fingerprint density at radius 2 is 1.80 bits per heavy atom. The van der Waals surface area contributed by atoms with E-state index in [0.29, 0.717) is 24.3 Å². The Balaban J connectivity index is 1.94. The highest BCUT2D eigenvalue weighted by Crippen LogP contribution is 2.18. The summed E-state index contributed by atoms with van der Waals surface area (Å²) in [6.45, 7) is 4.59. The molecular formula is C20H25N2O3+. The van der Waals surface area contributed by atoms with Gasteiger partial charge in [-0.25, -0.2) is 0 Å². The summed E-state index contributed by atoms with van der Waals surface area (Å²) in [6, 6.07) is 13.0. The van der Waals surface area contributed by atoms with Crippen LogP contribution in [0.4, 0.5) is 5.69 Å². The summed E-state index contributed by atoms with van der Waals surface area (Å²) in [5, 5.41) is 2.86. The molecule has 0 heterocycles. The van der Waals surface area contributed by atoms with Crippen molar-refractivity contribution in [1.29, 1.82) is 0 Å². The SMILES string of the molecule is COc1ccc(C)cc1C[NH+](C)CC(=O)Nc1ccc(C(C)=O)cc1. The number of Topliss-reactive ketones (excluding diaryl/α,β-unsaturated/α-hetero) is 1. The number of nitrogens with one attached hydrogen (secondary N) is 2. The van der Waals surface area contributed by atoms with Crippen LogP contribution in [0, 0.1) is 6.92 Å². The van der Waals surface area contributed by atoms with Gasteiger partial charge in [0.15, 0.2) is 12.3 Å². The van der Waals surface area contributed by atoms with E-state index in [9.17, 15) is 9.59 Å². The number of rotatable bonds is 7. The summed E-state index contributed by atoms with van der Waals surface area (Å²) in [5.41, 5.74) is 3.57. The molecule has 0 aliphatic carbocycles. The van der Waals surface area contributed by atoms with Crippen LogP contribution in [0.15, 0.2) is 42.5 Å². The maximum Gasteiger partial charge on any atom is 0.279 e. The topological polar surface area (TPSA) is 59.8 Å². The van der Waals surface area contributed by atoms with Crippen molar-refractivity contribution in [3.05, 3.63) is 59.2 Å². The summed E-state index contributed by atoms with van der Waals surface area (Å²) < 4.78 is 5.39. The van der Waals surface area contributed by atoms with Gasteiger partial charge in [0, 0.05) is 16.8 Å². The number of anilines is 1. The molecule has 0 aliphatic rings. The third-order valence-corrected chi connectivity index (χ3v) is 3.97. The van der Waals surface area contributed by atoms with Crippen molar-refractivity contribution < 1.29 is 19.2 Å². The molecule has 2 aromatic rings. The minimum Gasteiger partial charge on any atom is -0.496 e. The Kier molecular flexibility index (Phi) is 6.31. The number of hydrogen-bond donors (Lipinski definition) is 2. The van der Waals surface area contributed by atoms with Gasteiger partial charge in [0.1, 0.15) is 12.3 Å². The summed E-state index contributed by atoms with van der Waals surface area (Å²) in [4.78, 5) is 24.6. The number of likely N-dealkylation sites (N-methyl/N-ethyl adjacent to an activating group) is 1. The second kappa shape index (κ2) is 8.44. The van der Waals surface area contributed by atoms with Crippen molar-refractivity contribution in [2.24, 2.45) is 0 Å². The van der Waals surface area contributed by atoms with Gasteiger partial charge in [-0.3, -0.25) is 9.59 Å². The van der Waals surface area contributed by atoms with E-state index in [0.717, 1.165) is 16.2 Å². The molecule has 2 N–H and O–H groups in total. The normalized spacial score (nSPS) is 11.7. The van der Waals surface area contributed by atoms with E-state index in [-0.39, 0.29) is 11.7 Å². The zero-order valence-electron chi connectivity index (χ0n) is 15.2. The van der Waals surface area contributed by atoms with Crippen LogP contribution in [0.1, 0.15) is 28.4 Å². The predicted octanol–water partition coefficient (Wildman–Crippen LogP) is 1.86. The molecule has 0 saturated heterocycles. The molecule has 1 amide bonds. The molecule has 25 heavy (non-hydrogen) atoms. The first-order valence-corrected chi connectivity index (χ1v) is 8.24. The second-order valence-corrected chi connectivity index (χ2v) is 6.31. The van der Waals surface area contributed by atoms with Crippen LogP contribution in [0.2, 0.25) is 0 Å². The van der Waals surface area contributed by atoms with Gasteiger partial charge >= 0.3 is 0 Å². The first-order chi connectivity index (χ1) is 11.9. The quantitative estimate of drug-likeness (QED) is 0.756. The van der Waals surface area contributed by atoms with Crippen LogP contribution in [0.3, 0.4) is 0 Å².